The zero-order valence-electron chi connectivity index (χ0n) is 25.8. The molecule has 0 aliphatic carbocycles. The van der Waals surface area contributed by atoms with Crippen LogP contribution in [0.3, 0.4) is 0 Å². The summed E-state index contributed by atoms with van der Waals surface area (Å²) in [6.07, 6.45) is 9.31. The topological polar surface area (TPSA) is 136 Å². The smallest absolute Gasteiger partial charge is 0.255 e. The van der Waals surface area contributed by atoms with Gasteiger partial charge < -0.3 is 29.7 Å². The Bertz CT molecular complexity index is 1410. The van der Waals surface area contributed by atoms with Gasteiger partial charge in [-0.2, -0.15) is 0 Å². The minimum atomic E-state index is -0.931. The van der Waals surface area contributed by atoms with Crippen LogP contribution in [-0.2, 0) is 9.59 Å². The van der Waals surface area contributed by atoms with E-state index in [9.17, 15) is 24.0 Å². The molecule has 1 aromatic heterocycles. The number of piperidine rings is 2. The van der Waals surface area contributed by atoms with Crippen LogP contribution in [0, 0.1) is 11.2 Å². The lowest BCUT2D eigenvalue weighted by molar-refractivity contribution is -0.125. The summed E-state index contributed by atoms with van der Waals surface area (Å²) in [7, 11) is 2.84. The second kappa shape index (κ2) is 13.8. The van der Waals surface area contributed by atoms with E-state index in [1.165, 1.54) is 26.4 Å². The number of aldehydes is 3. The van der Waals surface area contributed by atoms with Crippen molar-refractivity contribution in [2.45, 2.75) is 50.6 Å². The number of rotatable bonds is 11. The van der Waals surface area contributed by atoms with Crippen molar-refractivity contribution in [3.8, 4) is 0 Å². The third-order valence-corrected chi connectivity index (χ3v) is 9.71. The van der Waals surface area contributed by atoms with Gasteiger partial charge in [-0.3, -0.25) is 19.2 Å². The summed E-state index contributed by atoms with van der Waals surface area (Å²) in [5.41, 5.74) is 0.655. The van der Waals surface area contributed by atoms with Crippen LogP contribution >= 0.6 is 0 Å². The number of amides is 2. The van der Waals surface area contributed by atoms with Crippen LogP contribution in [0.2, 0.25) is 0 Å². The molecule has 1 atom stereocenters. The Kier molecular flexibility index (Phi) is 9.86. The summed E-state index contributed by atoms with van der Waals surface area (Å²) in [4.78, 5) is 75.8. The molecule has 4 heterocycles. The first kappa shape index (κ1) is 32.1. The maximum absolute atomic E-state index is 15.5. The van der Waals surface area contributed by atoms with E-state index in [2.05, 4.69) is 25.1 Å². The molecule has 3 saturated heterocycles. The average Bonchev–Trinajstić information content (AvgIpc) is 3.07. The van der Waals surface area contributed by atoms with Crippen molar-refractivity contribution in [3.63, 3.8) is 0 Å². The van der Waals surface area contributed by atoms with Crippen LogP contribution < -0.4 is 15.1 Å². The zero-order valence-corrected chi connectivity index (χ0v) is 25.8. The number of carbonyl (C=O) groups is 5. The van der Waals surface area contributed by atoms with Crippen LogP contribution in [-0.4, -0.2) is 116 Å². The molecule has 240 valence electrons. The minimum absolute atomic E-state index is 0.0575. The van der Waals surface area contributed by atoms with Crippen molar-refractivity contribution < 1.29 is 28.4 Å². The summed E-state index contributed by atoms with van der Waals surface area (Å²) in [6.45, 7) is 5.08. The number of benzene rings is 1. The lowest BCUT2D eigenvalue weighted by Crippen LogP contribution is -2.62. The number of likely N-dealkylation sites (tertiary alicyclic amines) is 1. The standard InChI is InChI=1S/C32H40FN7O5/c1-34-30(44)27(4-3-13-41)37(2)31(45)25-15-26(33)28(14-22(25)18-42)40-20-32(21-40)7-11-38(12-8-32)24-5-9-39(10-6-24)29-17-35-23(19-43)16-36-29/h13-19,24,27H,3-12,20-21H2,1-2H3,(H,34,44). The fourth-order valence-corrected chi connectivity index (χ4v) is 6.96. The van der Waals surface area contributed by atoms with Gasteiger partial charge in [0, 0.05) is 63.7 Å². The van der Waals surface area contributed by atoms with Gasteiger partial charge in [0.1, 0.15) is 29.7 Å². The Morgan fingerprint density at radius 1 is 1.04 bits per heavy atom. The van der Waals surface area contributed by atoms with Gasteiger partial charge in [-0.1, -0.05) is 0 Å². The molecule has 2 amide bonds. The normalized spacial score (nSPS) is 19.0. The van der Waals surface area contributed by atoms with E-state index in [-0.39, 0.29) is 29.4 Å². The lowest BCUT2D eigenvalue weighted by atomic mass is 9.71. The molecule has 45 heavy (non-hydrogen) atoms. The molecule has 0 bridgehead atoms. The van der Waals surface area contributed by atoms with Crippen molar-refractivity contribution in [2.75, 3.05) is 63.2 Å². The highest BCUT2D eigenvalue weighted by Gasteiger charge is 2.46. The Morgan fingerprint density at radius 3 is 2.33 bits per heavy atom. The molecule has 1 spiro atoms. The molecule has 0 saturated carbocycles. The number of anilines is 2. The number of hydrogen-bond donors (Lipinski definition) is 1. The van der Waals surface area contributed by atoms with Gasteiger partial charge in [-0.25, -0.2) is 14.4 Å². The molecule has 3 aliphatic heterocycles. The summed E-state index contributed by atoms with van der Waals surface area (Å²) < 4.78 is 15.5. The number of halogens is 1. The summed E-state index contributed by atoms with van der Waals surface area (Å²) in [5.74, 6) is -0.907. The third kappa shape index (κ3) is 6.73. The molecule has 3 fully saturated rings. The third-order valence-electron chi connectivity index (χ3n) is 9.71. The second-order valence-electron chi connectivity index (χ2n) is 12.3. The highest BCUT2D eigenvalue weighted by molar-refractivity contribution is 6.03. The number of aromatic nitrogens is 2. The molecule has 2 aromatic rings. The Labute approximate surface area is 262 Å². The van der Waals surface area contributed by atoms with E-state index in [4.69, 9.17) is 0 Å². The van der Waals surface area contributed by atoms with Crippen molar-refractivity contribution >= 4 is 42.2 Å². The van der Waals surface area contributed by atoms with E-state index < -0.39 is 23.7 Å². The molecule has 0 radical (unpaired) electrons. The highest BCUT2D eigenvalue weighted by atomic mass is 19.1. The largest absolute Gasteiger partial charge is 0.368 e. The molecule has 1 aromatic carbocycles. The van der Waals surface area contributed by atoms with Crippen LogP contribution in [0.1, 0.15) is 69.7 Å². The van der Waals surface area contributed by atoms with E-state index in [1.54, 1.807) is 6.20 Å². The predicted octanol–water partition coefficient (Wildman–Crippen LogP) is 1.98. The van der Waals surface area contributed by atoms with Gasteiger partial charge in [-0.05, 0) is 57.3 Å². The first-order valence-electron chi connectivity index (χ1n) is 15.4. The number of carbonyl (C=O) groups excluding carboxylic acids is 5. The minimum Gasteiger partial charge on any atom is -0.368 e. The number of nitrogens with zero attached hydrogens (tertiary/aromatic N) is 6. The van der Waals surface area contributed by atoms with Crippen LogP contribution in [0.4, 0.5) is 15.9 Å². The number of likely N-dealkylation sites (N-methyl/N-ethyl adjacent to an activating group) is 2. The zero-order chi connectivity index (χ0) is 32.1. The molecular formula is C32H40FN7O5. The Balaban J connectivity index is 1.16. The van der Waals surface area contributed by atoms with Crippen LogP contribution in [0.15, 0.2) is 24.5 Å². The van der Waals surface area contributed by atoms with Crippen molar-refractivity contribution in [3.05, 3.63) is 47.2 Å². The second-order valence-corrected chi connectivity index (χ2v) is 12.3. The fourth-order valence-electron chi connectivity index (χ4n) is 6.96. The molecule has 13 heteroatoms. The predicted molar refractivity (Wildman–Crippen MR) is 165 cm³/mol. The first-order chi connectivity index (χ1) is 21.7. The van der Waals surface area contributed by atoms with Gasteiger partial charge in [0.05, 0.1) is 23.6 Å². The van der Waals surface area contributed by atoms with Gasteiger partial charge in [0.2, 0.25) is 5.91 Å². The fraction of sp³-hybridized carbons (Fsp3) is 0.531. The van der Waals surface area contributed by atoms with Gasteiger partial charge in [0.25, 0.3) is 5.91 Å². The van der Waals surface area contributed by atoms with Crippen LogP contribution in [0.25, 0.3) is 0 Å². The molecule has 5 rings (SSSR count). The summed E-state index contributed by atoms with van der Waals surface area (Å²) >= 11 is 0. The molecular weight excluding hydrogens is 581 g/mol. The average molecular weight is 622 g/mol. The number of nitrogens with one attached hydrogen (secondary N) is 1. The maximum atomic E-state index is 15.5. The van der Waals surface area contributed by atoms with Crippen molar-refractivity contribution in [1.29, 1.82) is 0 Å². The summed E-state index contributed by atoms with van der Waals surface area (Å²) in [5, 5.41) is 2.48. The molecule has 1 unspecified atom stereocenters. The Hall–Kier alpha value is -4.26. The lowest BCUT2D eigenvalue weighted by Gasteiger charge is -2.56. The summed E-state index contributed by atoms with van der Waals surface area (Å²) in [6, 6.07) is 2.07. The maximum Gasteiger partial charge on any atom is 0.255 e. The van der Waals surface area contributed by atoms with Gasteiger partial charge in [0.15, 0.2) is 12.6 Å². The van der Waals surface area contributed by atoms with Crippen molar-refractivity contribution in [2.24, 2.45) is 5.41 Å². The Morgan fingerprint density at radius 2 is 1.76 bits per heavy atom. The van der Waals surface area contributed by atoms with E-state index in [0.717, 1.165) is 68.6 Å². The number of hydrogen-bond acceptors (Lipinski definition) is 10. The SMILES string of the molecule is CNC(=O)C(CCC=O)N(C)C(=O)c1cc(F)c(N2CC3(CCN(C4CCN(c5cnc(C=O)cn5)CC4)CC3)C2)cc1C=O. The van der Waals surface area contributed by atoms with Crippen LogP contribution in [0.5, 0.6) is 0 Å². The van der Waals surface area contributed by atoms with Crippen molar-refractivity contribution in [1.82, 2.24) is 25.1 Å². The molecule has 1 N–H and O–H groups in total. The first-order valence-corrected chi connectivity index (χ1v) is 15.4. The van der Waals surface area contributed by atoms with E-state index in [0.29, 0.717) is 49.4 Å². The molecule has 3 aliphatic rings. The van der Waals surface area contributed by atoms with Gasteiger partial charge in [-0.15, -0.1) is 0 Å². The quantitative estimate of drug-likeness (QED) is 0.371. The van der Waals surface area contributed by atoms with E-state index >= 15 is 4.39 Å². The monoisotopic (exact) mass is 621 g/mol. The van der Waals surface area contributed by atoms with E-state index in [1.807, 2.05) is 4.90 Å². The molecule has 12 nitrogen and oxygen atoms in total. The van der Waals surface area contributed by atoms with Gasteiger partial charge >= 0.3 is 0 Å². The highest BCUT2D eigenvalue weighted by Crippen LogP contribution is 2.44.